The van der Waals surface area contributed by atoms with Crippen LogP contribution in [0.2, 0.25) is 0 Å². The largest absolute Gasteiger partial charge is 0.465 e. The summed E-state index contributed by atoms with van der Waals surface area (Å²) in [7, 11) is -2.54. The number of hydrogen-bond acceptors (Lipinski definition) is 7. The van der Waals surface area contributed by atoms with Crippen LogP contribution in [0.3, 0.4) is 0 Å². The van der Waals surface area contributed by atoms with Crippen LogP contribution in [-0.2, 0) is 37.3 Å². The van der Waals surface area contributed by atoms with Crippen LogP contribution in [0.4, 0.5) is 0 Å². The standard InChI is InChI=1S/C21H30N2O6S2/c1-28-20(25)18-15-9-12-22(19(24)16-8-7-13-29-16)14-17(15)30-21(18)31(26,27)23-10-5-3-2-4-6-11-23/h16H,2-14H2,1H3/t16-/m1/s1. The van der Waals surface area contributed by atoms with E-state index in [1.807, 2.05) is 0 Å². The zero-order valence-electron chi connectivity index (χ0n) is 17.9. The number of thiophene rings is 1. The molecule has 0 unspecified atom stereocenters. The maximum absolute atomic E-state index is 13.6. The van der Waals surface area contributed by atoms with Crippen LogP contribution in [-0.4, -0.2) is 69.0 Å². The van der Waals surface area contributed by atoms with Crippen molar-refractivity contribution < 1.29 is 27.5 Å². The maximum Gasteiger partial charge on any atom is 0.340 e. The van der Waals surface area contributed by atoms with Crippen molar-refractivity contribution in [2.24, 2.45) is 0 Å². The summed E-state index contributed by atoms with van der Waals surface area (Å²) in [5, 5.41) is 0. The minimum Gasteiger partial charge on any atom is -0.465 e. The minimum absolute atomic E-state index is 0.0515. The monoisotopic (exact) mass is 470 g/mol. The van der Waals surface area contributed by atoms with Crippen LogP contribution in [0.25, 0.3) is 0 Å². The van der Waals surface area contributed by atoms with E-state index in [4.69, 9.17) is 9.47 Å². The van der Waals surface area contributed by atoms with Crippen LogP contribution in [0.15, 0.2) is 4.21 Å². The number of carbonyl (C=O) groups is 2. The fraction of sp³-hybridized carbons (Fsp3) is 0.714. The molecule has 4 rings (SSSR count). The molecule has 2 fully saturated rings. The average Bonchev–Trinajstić information content (AvgIpc) is 3.40. The van der Waals surface area contributed by atoms with Gasteiger partial charge in [-0.2, -0.15) is 4.31 Å². The third kappa shape index (κ3) is 4.53. The van der Waals surface area contributed by atoms with Gasteiger partial charge in [0.25, 0.3) is 15.9 Å². The fourth-order valence-corrected chi connectivity index (χ4v) is 8.17. The molecule has 1 atom stereocenters. The quantitative estimate of drug-likeness (QED) is 0.628. The van der Waals surface area contributed by atoms with E-state index in [1.54, 1.807) is 4.90 Å². The summed E-state index contributed by atoms with van der Waals surface area (Å²) >= 11 is 1.12. The van der Waals surface area contributed by atoms with Crippen LogP contribution >= 0.6 is 11.3 Å². The molecule has 31 heavy (non-hydrogen) atoms. The van der Waals surface area contributed by atoms with E-state index in [0.717, 1.165) is 54.7 Å². The van der Waals surface area contributed by atoms with Gasteiger partial charge < -0.3 is 14.4 Å². The van der Waals surface area contributed by atoms with Gasteiger partial charge in [0.05, 0.1) is 19.2 Å². The summed E-state index contributed by atoms with van der Waals surface area (Å²) in [6.07, 6.45) is 6.41. The molecule has 1 amide bonds. The molecule has 0 spiro atoms. The molecule has 0 bridgehead atoms. The van der Waals surface area contributed by atoms with Crippen LogP contribution in [0.1, 0.15) is 65.7 Å². The Morgan fingerprint density at radius 2 is 1.77 bits per heavy atom. The summed E-state index contributed by atoms with van der Waals surface area (Å²) < 4.78 is 39.2. The molecule has 0 radical (unpaired) electrons. The number of sulfonamides is 1. The van der Waals surface area contributed by atoms with Crippen LogP contribution in [0.5, 0.6) is 0 Å². The highest BCUT2D eigenvalue weighted by molar-refractivity contribution is 7.91. The van der Waals surface area contributed by atoms with Gasteiger partial charge >= 0.3 is 5.97 Å². The highest BCUT2D eigenvalue weighted by Crippen LogP contribution is 2.38. The first-order valence-electron chi connectivity index (χ1n) is 11.1. The van der Waals surface area contributed by atoms with E-state index >= 15 is 0 Å². The summed E-state index contributed by atoms with van der Waals surface area (Å²) in [4.78, 5) is 27.9. The second-order valence-electron chi connectivity index (χ2n) is 8.34. The fourth-order valence-electron chi connectivity index (χ4n) is 4.61. The molecule has 3 aliphatic rings. The van der Waals surface area contributed by atoms with E-state index in [9.17, 15) is 18.0 Å². The molecule has 0 aliphatic carbocycles. The molecular weight excluding hydrogens is 440 g/mol. The van der Waals surface area contributed by atoms with E-state index in [-0.39, 0.29) is 15.7 Å². The van der Waals surface area contributed by atoms with Crippen molar-refractivity contribution in [3.63, 3.8) is 0 Å². The lowest BCUT2D eigenvalue weighted by Gasteiger charge is -2.29. The minimum atomic E-state index is -3.81. The molecule has 172 valence electrons. The lowest BCUT2D eigenvalue weighted by molar-refractivity contribution is -0.141. The highest BCUT2D eigenvalue weighted by Gasteiger charge is 2.38. The predicted molar refractivity (Wildman–Crippen MR) is 116 cm³/mol. The first kappa shape index (κ1) is 22.7. The number of amides is 1. The van der Waals surface area contributed by atoms with Crippen molar-refractivity contribution in [1.82, 2.24) is 9.21 Å². The molecule has 4 heterocycles. The van der Waals surface area contributed by atoms with Gasteiger partial charge in [0.15, 0.2) is 0 Å². The lowest BCUT2D eigenvalue weighted by atomic mass is 10.0. The van der Waals surface area contributed by atoms with Gasteiger partial charge in [0.2, 0.25) is 0 Å². The lowest BCUT2D eigenvalue weighted by Crippen LogP contribution is -2.41. The number of esters is 1. The number of methoxy groups -OCH3 is 1. The first-order valence-corrected chi connectivity index (χ1v) is 13.3. The molecule has 0 saturated carbocycles. The highest BCUT2D eigenvalue weighted by atomic mass is 32.2. The zero-order chi connectivity index (χ0) is 22.0. The van der Waals surface area contributed by atoms with Gasteiger partial charge in [0.1, 0.15) is 10.3 Å². The molecule has 2 saturated heterocycles. The van der Waals surface area contributed by atoms with E-state index in [2.05, 4.69) is 0 Å². The van der Waals surface area contributed by atoms with Crippen molar-refractivity contribution in [3.05, 3.63) is 16.0 Å². The van der Waals surface area contributed by atoms with Crippen molar-refractivity contribution in [3.8, 4) is 0 Å². The number of carbonyl (C=O) groups excluding carboxylic acids is 2. The molecule has 0 aromatic carbocycles. The predicted octanol–water partition coefficient (Wildman–Crippen LogP) is 2.55. The summed E-state index contributed by atoms with van der Waals surface area (Å²) in [5.41, 5.74) is 0.868. The van der Waals surface area contributed by atoms with Gasteiger partial charge in [-0.25, -0.2) is 13.2 Å². The number of nitrogens with zero attached hydrogens (tertiary/aromatic N) is 2. The van der Waals surface area contributed by atoms with Crippen molar-refractivity contribution in [1.29, 1.82) is 0 Å². The van der Waals surface area contributed by atoms with Gasteiger partial charge in [-0.1, -0.05) is 19.3 Å². The van der Waals surface area contributed by atoms with Gasteiger partial charge in [-0.05, 0) is 37.7 Å². The molecule has 1 aromatic heterocycles. The average molecular weight is 471 g/mol. The second kappa shape index (κ2) is 9.56. The summed E-state index contributed by atoms with van der Waals surface area (Å²) in [5.74, 6) is -0.675. The van der Waals surface area contributed by atoms with Crippen LogP contribution in [0, 0.1) is 0 Å². The molecule has 0 N–H and O–H groups in total. The van der Waals surface area contributed by atoms with E-state index in [1.165, 1.54) is 11.4 Å². The Morgan fingerprint density at radius 3 is 2.42 bits per heavy atom. The molecule has 1 aromatic rings. The van der Waals surface area contributed by atoms with E-state index in [0.29, 0.717) is 51.2 Å². The molecular formula is C21H30N2O6S2. The first-order chi connectivity index (χ1) is 14.9. The SMILES string of the molecule is COC(=O)c1c(S(=O)(=O)N2CCCCCCC2)sc2c1CCN(C(=O)[C@H]1CCCO1)C2. The number of ether oxygens (including phenoxy) is 2. The topological polar surface area (TPSA) is 93.2 Å². The van der Waals surface area contributed by atoms with Crippen molar-refractivity contribution >= 4 is 33.2 Å². The van der Waals surface area contributed by atoms with Gasteiger partial charge in [-0.15, -0.1) is 11.3 Å². The number of hydrogen-bond donors (Lipinski definition) is 0. The Kier molecular flexibility index (Phi) is 7.00. The van der Waals surface area contributed by atoms with Gasteiger partial charge in [0, 0.05) is 31.1 Å². The number of rotatable bonds is 4. The molecule has 8 nitrogen and oxygen atoms in total. The van der Waals surface area contributed by atoms with E-state index < -0.39 is 22.1 Å². The summed E-state index contributed by atoms with van der Waals surface area (Å²) in [6, 6.07) is 0. The Labute approximate surface area is 187 Å². The summed E-state index contributed by atoms with van der Waals surface area (Å²) in [6.45, 7) is 2.28. The van der Waals surface area contributed by atoms with Gasteiger partial charge in [-0.3, -0.25) is 4.79 Å². The zero-order valence-corrected chi connectivity index (χ0v) is 19.6. The Balaban J connectivity index is 1.66. The molecule has 10 heteroatoms. The normalized spacial score (nSPS) is 23.1. The molecule has 3 aliphatic heterocycles. The third-order valence-corrected chi connectivity index (χ3v) is 9.93. The third-order valence-electron chi connectivity index (χ3n) is 6.32. The van der Waals surface area contributed by atoms with Crippen LogP contribution < -0.4 is 0 Å². The van der Waals surface area contributed by atoms with Crippen molar-refractivity contribution in [2.45, 2.75) is 68.2 Å². The number of fused-ring (bicyclic) bond motifs is 1. The van der Waals surface area contributed by atoms with Crippen molar-refractivity contribution in [2.75, 3.05) is 33.4 Å². The Morgan fingerprint density at radius 1 is 1.06 bits per heavy atom. The Bertz CT molecular complexity index is 928. The second-order valence-corrected chi connectivity index (χ2v) is 11.6. The Hall–Kier alpha value is -1.49. The smallest absolute Gasteiger partial charge is 0.340 e. The maximum atomic E-state index is 13.6.